The molecule has 2 heterocycles. The molecule has 2 N–H and O–H groups in total. The summed E-state index contributed by atoms with van der Waals surface area (Å²) in [6, 6.07) is 1.79. The molecule has 0 atom stereocenters. The first-order chi connectivity index (χ1) is 6.88. The maximum atomic E-state index is 5.42. The van der Waals surface area contributed by atoms with E-state index in [2.05, 4.69) is 15.0 Å². The lowest BCUT2D eigenvalue weighted by atomic mass is 10.5. The maximum absolute atomic E-state index is 5.42. The van der Waals surface area contributed by atoms with Gasteiger partial charge in [0, 0.05) is 6.20 Å². The fourth-order valence-corrected chi connectivity index (χ4v) is 1.56. The third-order valence-corrected chi connectivity index (χ3v) is 2.28. The quantitative estimate of drug-likeness (QED) is 0.760. The van der Waals surface area contributed by atoms with Crippen LogP contribution in [-0.4, -0.2) is 15.0 Å². The van der Waals surface area contributed by atoms with Crippen LogP contribution in [0.1, 0.15) is 5.82 Å². The topological polar surface area (TPSA) is 77.8 Å². The van der Waals surface area contributed by atoms with E-state index in [-0.39, 0.29) is 0 Å². The Morgan fingerprint density at radius 2 is 2.29 bits per heavy atom. The largest absolute Gasteiger partial charge is 0.440 e. The van der Waals surface area contributed by atoms with Crippen LogP contribution in [0.3, 0.4) is 0 Å². The van der Waals surface area contributed by atoms with E-state index in [4.69, 9.17) is 10.2 Å². The Morgan fingerprint density at radius 1 is 1.36 bits per heavy atom. The highest BCUT2D eigenvalue weighted by Gasteiger charge is 2.03. The molecule has 0 radical (unpaired) electrons. The van der Waals surface area contributed by atoms with E-state index in [1.54, 1.807) is 18.5 Å². The van der Waals surface area contributed by atoms with Gasteiger partial charge in [-0.25, -0.2) is 15.0 Å². The van der Waals surface area contributed by atoms with Crippen LogP contribution < -0.4 is 5.73 Å². The molecule has 0 aliphatic carbocycles. The third kappa shape index (κ3) is 2.09. The molecular weight excluding hydrogens is 200 g/mol. The summed E-state index contributed by atoms with van der Waals surface area (Å²) in [4.78, 5) is 12.2. The van der Waals surface area contributed by atoms with Crippen LogP contribution in [-0.2, 0) is 6.54 Å². The maximum Gasteiger partial charge on any atom is 0.261 e. The van der Waals surface area contributed by atoms with Crippen LogP contribution >= 0.6 is 11.8 Å². The van der Waals surface area contributed by atoms with Gasteiger partial charge in [0.15, 0.2) is 0 Å². The van der Waals surface area contributed by atoms with Crippen molar-refractivity contribution in [3.63, 3.8) is 0 Å². The van der Waals surface area contributed by atoms with Gasteiger partial charge in [-0.3, -0.25) is 0 Å². The molecule has 2 aromatic heterocycles. The van der Waals surface area contributed by atoms with Crippen LogP contribution in [0.4, 0.5) is 0 Å². The van der Waals surface area contributed by atoms with Crippen molar-refractivity contribution in [2.24, 2.45) is 5.73 Å². The molecule has 2 aromatic rings. The van der Waals surface area contributed by atoms with E-state index < -0.39 is 0 Å². The van der Waals surface area contributed by atoms with Crippen molar-refractivity contribution in [3.05, 3.63) is 30.5 Å². The minimum Gasteiger partial charge on any atom is -0.440 e. The molecule has 5 nitrogen and oxygen atoms in total. The van der Waals surface area contributed by atoms with Gasteiger partial charge >= 0.3 is 0 Å². The predicted octanol–water partition coefficient (Wildman–Crippen LogP) is 1.07. The number of nitrogens with two attached hydrogens (primary N) is 1. The number of aromatic nitrogens is 3. The second-order valence-electron chi connectivity index (χ2n) is 2.42. The van der Waals surface area contributed by atoms with E-state index in [1.807, 2.05) is 0 Å². The number of oxazole rings is 1. The molecule has 0 saturated carbocycles. The summed E-state index contributed by atoms with van der Waals surface area (Å²) in [6.07, 6.45) is 4.78. The van der Waals surface area contributed by atoms with Gasteiger partial charge in [0.25, 0.3) is 5.22 Å². The Labute approximate surface area is 84.8 Å². The Bertz CT molecular complexity index is 403. The zero-order valence-electron chi connectivity index (χ0n) is 7.25. The molecule has 0 aromatic carbocycles. The first-order valence-electron chi connectivity index (χ1n) is 3.98. The lowest BCUT2D eigenvalue weighted by Gasteiger charge is -1.97. The fourth-order valence-electron chi connectivity index (χ4n) is 0.886. The van der Waals surface area contributed by atoms with Gasteiger partial charge in [0.2, 0.25) is 0 Å². The average Bonchev–Trinajstić information content (AvgIpc) is 2.71. The van der Waals surface area contributed by atoms with E-state index in [9.17, 15) is 0 Å². The molecule has 0 bridgehead atoms. The van der Waals surface area contributed by atoms with Crippen molar-refractivity contribution < 1.29 is 4.42 Å². The molecule has 14 heavy (non-hydrogen) atoms. The SMILES string of the molecule is NCc1nccc(Sc2ncco2)n1. The number of nitrogens with zero attached hydrogens (tertiary/aromatic N) is 3. The lowest BCUT2D eigenvalue weighted by Crippen LogP contribution is -2.02. The van der Waals surface area contributed by atoms with Crippen molar-refractivity contribution in [2.45, 2.75) is 16.8 Å². The molecule has 2 rings (SSSR count). The number of hydrogen-bond donors (Lipinski definition) is 1. The molecule has 0 fully saturated rings. The van der Waals surface area contributed by atoms with E-state index in [0.29, 0.717) is 17.6 Å². The van der Waals surface area contributed by atoms with Gasteiger partial charge in [-0.05, 0) is 17.8 Å². The second-order valence-corrected chi connectivity index (χ2v) is 3.39. The van der Waals surface area contributed by atoms with Gasteiger partial charge in [-0.2, -0.15) is 0 Å². The van der Waals surface area contributed by atoms with Crippen molar-refractivity contribution in [2.75, 3.05) is 0 Å². The second kappa shape index (κ2) is 4.21. The Kier molecular flexibility index (Phi) is 2.76. The van der Waals surface area contributed by atoms with Gasteiger partial charge in [0.05, 0.1) is 12.7 Å². The summed E-state index contributed by atoms with van der Waals surface area (Å²) in [5.74, 6) is 0.613. The summed E-state index contributed by atoms with van der Waals surface area (Å²) in [7, 11) is 0. The van der Waals surface area contributed by atoms with Gasteiger partial charge in [0.1, 0.15) is 17.1 Å². The molecule has 72 valence electrons. The standard InChI is InChI=1S/C8H8N4OS/c9-5-6-10-2-1-7(12-6)14-8-11-3-4-13-8/h1-4H,5,9H2. The summed E-state index contributed by atoms with van der Waals surface area (Å²) in [6.45, 7) is 0.333. The molecule has 0 amide bonds. The highest BCUT2D eigenvalue weighted by Crippen LogP contribution is 2.23. The van der Waals surface area contributed by atoms with Gasteiger partial charge in [-0.15, -0.1) is 0 Å². The van der Waals surface area contributed by atoms with Gasteiger partial charge < -0.3 is 10.2 Å². The first kappa shape index (κ1) is 9.17. The zero-order valence-corrected chi connectivity index (χ0v) is 8.07. The number of hydrogen-bond acceptors (Lipinski definition) is 6. The predicted molar refractivity (Wildman–Crippen MR) is 50.5 cm³/mol. The number of rotatable bonds is 3. The first-order valence-corrected chi connectivity index (χ1v) is 4.79. The fraction of sp³-hybridized carbons (Fsp3) is 0.125. The van der Waals surface area contributed by atoms with Crippen molar-refractivity contribution in [3.8, 4) is 0 Å². The van der Waals surface area contributed by atoms with Crippen LogP contribution in [0.25, 0.3) is 0 Å². The molecule has 0 aliphatic rings. The summed E-state index contributed by atoms with van der Waals surface area (Å²) >= 11 is 1.34. The van der Waals surface area contributed by atoms with E-state index in [0.717, 1.165) is 5.03 Å². The minimum atomic E-state index is 0.333. The van der Waals surface area contributed by atoms with Gasteiger partial charge in [-0.1, -0.05) is 0 Å². The van der Waals surface area contributed by atoms with Crippen LogP contribution in [0.15, 0.2) is 39.4 Å². The van der Waals surface area contributed by atoms with E-state index in [1.165, 1.54) is 18.0 Å². The van der Waals surface area contributed by atoms with Crippen molar-refractivity contribution >= 4 is 11.8 Å². The molecule has 0 unspecified atom stereocenters. The highest BCUT2D eigenvalue weighted by atomic mass is 32.2. The molecule has 6 heteroatoms. The molecular formula is C8H8N4OS. The normalized spacial score (nSPS) is 10.4. The average molecular weight is 208 g/mol. The summed E-state index contributed by atoms with van der Waals surface area (Å²) in [5, 5.41) is 1.34. The summed E-state index contributed by atoms with van der Waals surface area (Å²) < 4.78 is 5.07. The van der Waals surface area contributed by atoms with E-state index >= 15 is 0 Å². The zero-order chi connectivity index (χ0) is 9.80. The van der Waals surface area contributed by atoms with Crippen molar-refractivity contribution in [1.29, 1.82) is 0 Å². The lowest BCUT2D eigenvalue weighted by molar-refractivity contribution is 0.454. The molecule has 0 aliphatic heterocycles. The molecule has 0 spiro atoms. The van der Waals surface area contributed by atoms with Crippen LogP contribution in [0, 0.1) is 0 Å². The van der Waals surface area contributed by atoms with Crippen LogP contribution in [0.2, 0.25) is 0 Å². The van der Waals surface area contributed by atoms with Crippen LogP contribution in [0.5, 0.6) is 0 Å². The Balaban J connectivity index is 2.17. The molecule has 0 saturated heterocycles. The summed E-state index contributed by atoms with van der Waals surface area (Å²) in [5.41, 5.74) is 5.42. The monoisotopic (exact) mass is 208 g/mol. The third-order valence-electron chi connectivity index (χ3n) is 1.46. The minimum absolute atomic E-state index is 0.333. The highest BCUT2D eigenvalue weighted by molar-refractivity contribution is 7.99. The Morgan fingerprint density at radius 3 is 3.00 bits per heavy atom. The smallest absolute Gasteiger partial charge is 0.261 e. The Hall–Kier alpha value is -1.40. The van der Waals surface area contributed by atoms with Crippen molar-refractivity contribution in [1.82, 2.24) is 15.0 Å².